The van der Waals surface area contributed by atoms with Crippen molar-refractivity contribution in [1.82, 2.24) is 0 Å². The maximum Gasteiger partial charge on any atom is 0.227 e. The number of rotatable bonds is 11. The van der Waals surface area contributed by atoms with Gasteiger partial charge in [-0.15, -0.1) is 0 Å². The lowest BCUT2D eigenvalue weighted by Gasteiger charge is -2.39. The van der Waals surface area contributed by atoms with E-state index >= 15 is 0 Å². The van der Waals surface area contributed by atoms with Crippen LogP contribution in [-0.2, 0) is 11.3 Å². The van der Waals surface area contributed by atoms with Crippen LogP contribution in [0, 0.1) is 0 Å². The molecule has 0 aliphatic carbocycles. The third-order valence-corrected chi connectivity index (χ3v) is 10.6. The molecule has 1 atom stereocenters. The molecule has 56 heavy (non-hydrogen) atoms. The Morgan fingerprint density at radius 3 is 1.43 bits per heavy atom. The average Bonchev–Trinajstić information content (AvgIpc) is 3.89. The Hall–Kier alpha value is -6.22. The summed E-state index contributed by atoms with van der Waals surface area (Å²) in [5.74, 6) is 2.71. The number of ether oxygens (including phenoxy) is 4. The molecule has 0 radical (unpaired) electrons. The van der Waals surface area contributed by atoms with Crippen molar-refractivity contribution in [1.29, 1.82) is 0 Å². The van der Waals surface area contributed by atoms with Crippen LogP contribution < -0.4 is 18.9 Å². The van der Waals surface area contributed by atoms with Crippen LogP contribution in [0.2, 0.25) is 10.0 Å². The van der Waals surface area contributed by atoms with Crippen LogP contribution in [0.5, 0.6) is 23.0 Å². The molecule has 6 aromatic rings. The number of benzene rings is 6. The second-order valence-electron chi connectivity index (χ2n) is 13.1. The van der Waals surface area contributed by atoms with Gasteiger partial charge in [0.1, 0.15) is 23.0 Å². The van der Waals surface area contributed by atoms with Crippen LogP contribution in [0.4, 0.5) is 0 Å². The highest BCUT2D eigenvalue weighted by molar-refractivity contribution is 6.55. The summed E-state index contributed by atoms with van der Waals surface area (Å²) in [7, 11) is 6.54. The SMILES string of the molecule is COc1cccc(C2=NC(c3cc(-c4cccc(OC)c4)ccc3Cl)(C3(c4ccccc4Cl)N=C(c4cccc(OC)c4)C(c4cccc(OC)c4)=N3)N=C2)c1. The van der Waals surface area contributed by atoms with Crippen LogP contribution in [0.15, 0.2) is 159 Å². The normalized spacial score (nSPS) is 16.9. The molecule has 8 rings (SSSR count). The number of nitrogens with zero attached hydrogens (tertiary/aromatic N) is 4. The smallest absolute Gasteiger partial charge is 0.227 e. The zero-order valence-corrected chi connectivity index (χ0v) is 32.5. The van der Waals surface area contributed by atoms with Crippen LogP contribution >= 0.6 is 23.2 Å². The number of hydrogen-bond donors (Lipinski definition) is 0. The van der Waals surface area contributed by atoms with Crippen molar-refractivity contribution in [2.45, 2.75) is 11.3 Å². The zero-order valence-electron chi connectivity index (χ0n) is 31.0. The molecular weight excluding hydrogens is 743 g/mol. The predicted octanol–water partition coefficient (Wildman–Crippen LogP) is 10.3. The monoisotopic (exact) mass is 778 g/mol. The first-order chi connectivity index (χ1) is 27.3. The maximum atomic E-state index is 7.36. The van der Waals surface area contributed by atoms with Gasteiger partial charge in [0.25, 0.3) is 0 Å². The molecule has 8 nitrogen and oxygen atoms in total. The van der Waals surface area contributed by atoms with E-state index in [2.05, 4.69) is 0 Å². The van der Waals surface area contributed by atoms with Crippen molar-refractivity contribution in [3.63, 3.8) is 0 Å². The minimum Gasteiger partial charge on any atom is -0.497 e. The molecule has 0 N–H and O–H groups in total. The highest BCUT2D eigenvalue weighted by atomic mass is 35.5. The highest BCUT2D eigenvalue weighted by Gasteiger charge is 2.61. The van der Waals surface area contributed by atoms with Crippen LogP contribution in [0.1, 0.15) is 27.8 Å². The average molecular weight is 780 g/mol. The van der Waals surface area contributed by atoms with E-state index in [0.717, 1.165) is 27.8 Å². The van der Waals surface area contributed by atoms with Gasteiger partial charge in [0.15, 0.2) is 0 Å². The Morgan fingerprint density at radius 2 is 0.875 bits per heavy atom. The topological polar surface area (TPSA) is 86.4 Å². The second kappa shape index (κ2) is 15.1. The summed E-state index contributed by atoms with van der Waals surface area (Å²) in [6.07, 6.45) is 1.75. The second-order valence-corrected chi connectivity index (χ2v) is 13.9. The Labute approximate surface area is 335 Å². The molecule has 2 heterocycles. The molecule has 2 aliphatic rings. The first-order valence-electron chi connectivity index (χ1n) is 17.8. The Kier molecular flexibility index (Phi) is 9.93. The number of hydrogen-bond acceptors (Lipinski definition) is 8. The van der Waals surface area contributed by atoms with E-state index in [1.807, 2.05) is 140 Å². The Balaban J connectivity index is 1.50. The van der Waals surface area contributed by atoms with Crippen molar-refractivity contribution < 1.29 is 18.9 Å². The minimum atomic E-state index is -1.64. The fourth-order valence-corrected chi connectivity index (χ4v) is 7.69. The molecule has 1 unspecified atom stereocenters. The number of methoxy groups -OCH3 is 4. The molecule has 0 fully saturated rings. The summed E-state index contributed by atoms with van der Waals surface area (Å²) in [6.45, 7) is 0. The maximum absolute atomic E-state index is 7.36. The Morgan fingerprint density at radius 1 is 0.411 bits per heavy atom. The molecule has 0 saturated heterocycles. The summed E-state index contributed by atoms with van der Waals surface area (Å²) in [5, 5.41) is 0.843. The van der Waals surface area contributed by atoms with Gasteiger partial charge in [-0.1, -0.05) is 96.0 Å². The van der Waals surface area contributed by atoms with Crippen LogP contribution in [-0.4, -0.2) is 51.8 Å². The van der Waals surface area contributed by atoms with Gasteiger partial charge in [0.2, 0.25) is 11.3 Å². The standard InChI is InChI=1S/C46H36Cl2N4O4/c1-53-34-15-7-11-29(23-34)30-21-22-41(48)39(27-30)45(49-28-42(50-45)31-12-8-16-35(24-31)54-2)46(38-19-5-6-20-40(38)47)51-43(32-13-9-17-36(25-32)55-3)44(52-46)33-14-10-18-37(26-33)56-4/h5-28H,1-4H3. The number of aliphatic imine (C=N–C) groups is 4. The number of halogens is 2. The summed E-state index contributed by atoms with van der Waals surface area (Å²) in [5.41, 5.74) is 3.72. The molecule has 0 saturated carbocycles. The van der Waals surface area contributed by atoms with Crippen molar-refractivity contribution in [2.75, 3.05) is 28.4 Å². The third-order valence-electron chi connectivity index (χ3n) is 9.96. The fourth-order valence-electron chi connectivity index (χ4n) is 7.17. The summed E-state index contributed by atoms with van der Waals surface area (Å²) < 4.78 is 22.6. The molecule has 0 bridgehead atoms. The molecule has 10 heteroatoms. The van der Waals surface area contributed by atoms with E-state index in [1.165, 1.54) is 0 Å². The van der Waals surface area contributed by atoms with E-state index < -0.39 is 11.3 Å². The largest absolute Gasteiger partial charge is 0.497 e. The van der Waals surface area contributed by atoms with E-state index in [4.69, 9.17) is 62.1 Å². The third kappa shape index (κ3) is 6.40. The van der Waals surface area contributed by atoms with Gasteiger partial charge in [-0.3, -0.25) is 4.99 Å². The first-order valence-corrected chi connectivity index (χ1v) is 18.5. The molecular formula is C46H36Cl2N4O4. The quantitative estimate of drug-likeness (QED) is 0.131. The van der Waals surface area contributed by atoms with Gasteiger partial charge in [-0.05, 0) is 77.9 Å². The lowest BCUT2D eigenvalue weighted by atomic mass is 9.81. The van der Waals surface area contributed by atoms with Crippen LogP contribution in [0.25, 0.3) is 11.1 Å². The van der Waals surface area contributed by atoms with Gasteiger partial charge < -0.3 is 18.9 Å². The first kappa shape index (κ1) is 36.7. The van der Waals surface area contributed by atoms with E-state index in [-0.39, 0.29) is 0 Å². The van der Waals surface area contributed by atoms with Crippen molar-refractivity contribution >= 4 is 46.6 Å². The minimum absolute atomic E-state index is 0.416. The zero-order chi connectivity index (χ0) is 38.9. The van der Waals surface area contributed by atoms with Gasteiger partial charge >= 0.3 is 0 Å². The summed E-state index contributed by atoms with van der Waals surface area (Å²) >= 11 is 14.6. The highest BCUT2D eigenvalue weighted by Crippen LogP contribution is 2.56. The lowest BCUT2D eigenvalue weighted by molar-refractivity contribution is 0.257. The van der Waals surface area contributed by atoms with Crippen LogP contribution in [0.3, 0.4) is 0 Å². The van der Waals surface area contributed by atoms with Gasteiger partial charge in [-0.25, -0.2) is 15.0 Å². The predicted molar refractivity (Wildman–Crippen MR) is 225 cm³/mol. The Bertz CT molecular complexity index is 2540. The van der Waals surface area contributed by atoms with E-state index in [0.29, 0.717) is 61.3 Å². The molecule has 2 aliphatic heterocycles. The van der Waals surface area contributed by atoms with Crippen molar-refractivity contribution in [2.24, 2.45) is 20.0 Å². The molecule has 278 valence electrons. The van der Waals surface area contributed by atoms with Crippen molar-refractivity contribution in [3.05, 3.63) is 177 Å². The van der Waals surface area contributed by atoms with E-state index in [9.17, 15) is 0 Å². The summed E-state index contributed by atoms with van der Waals surface area (Å²) in [4.78, 5) is 22.3. The van der Waals surface area contributed by atoms with Gasteiger partial charge in [0.05, 0.1) is 51.8 Å². The fraction of sp³-hybridized carbons (Fsp3) is 0.130. The molecule has 6 aromatic carbocycles. The van der Waals surface area contributed by atoms with Gasteiger partial charge in [-0.2, -0.15) is 0 Å². The van der Waals surface area contributed by atoms with E-state index in [1.54, 1.807) is 34.7 Å². The summed E-state index contributed by atoms with van der Waals surface area (Å²) in [6, 6.07) is 44.3. The molecule has 0 aromatic heterocycles. The lowest BCUT2D eigenvalue weighted by Crippen LogP contribution is -2.43. The molecule has 0 amide bonds. The van der Waals surface area contributed by atoms with Crippen molar-refractivity contribution in [3.8, 4) is 34.1 Å². The molecule has 0 spiro atoms. The van der Waals surface area contributed by atoms with Gasteiger partial charge in [0, 0.05) is 37.9 Å².